The van der Waals surface area contributed by atoms with Crippen LogP contribution in [0.25, 0.3) is 5.65 Å². The number of aromatic nitrogens is 2. The SMILES string of the molecule is C[C@H]1Cc2cc(C(=O)OCc3cn4cc(Cl)ccc4n3)ccc2N1S(C)(=O)=O. The molecular weight excluding hydrogens is 402 g/mol. The molecule has 0 saturated carbocycles. The van der Waals surface area contributed by atoms with Crippen LogP contribution in [0, 0.1) is 0 Å². The second kappa shape index (κ2) is 6.79. The van der Waals surface area contributed by atoms with Crippen LogP contribution in [-0.2, 0) is 27.8 Å². The van der Waals surface area contributed by atoms with Crippen LogP contribution in [0.5, 0.6) is 0 Å². The number of carbonyl (C=O) groups is 1. The van der Waals surface area contributed by atoms with Crippen molar-refractivity contribution in [2.45, 2.75) is 26.0 Å². The molecule has 28 heavy (non-hydrogen) atoms. The summed E-state index contributed by atoms with van der Waals surface area (Å²) >= 11 is 5.96. The van der Waals surface area contributed by atoms with E-state index >= 15 is 0 Å². The van der Waals surface area contributed by atoms with Crippen molar-refractivity contribution >= 4 is 38.9 Å². The van der Waals surface area contributed by atoms with Gasteiger partial charge in [-0.25, -0.2) is 18.2 Å². The normalized spacial score (nSPS) is 16.4. The minimum atomic E-state index is -3.36. The molecule has 4 rings (SSSR count). The molecule has 3 heterocycles. The summed E-state index contributed by atoms with van der Waals surface area (Å²) in [4.78, 5) is 16.8. The van der Waals surface area contributed by atoms with Crippen molar-refractivity contribution in [2.75, 3.05) is 10.6 Å². The van der Waals surface area contributed by atoms with Gasteiger partial charge in [-0.05, 0) is 49.2 Å². The number of ether oxygens (including phenoxy) is 1. The van der Waals surface area contributed by atoms with Crippen molar-refractivity contribution in [2.24, 2.45) is 0 Å². The maximum atomic E-state index is 12.4. The van der Waals surface area contributed by atoms with Gasteiger partial charge in [-0.2, -0.15) is 0 Å². The van der Waals surface area contributed by atoms with Crippen molar-refractivity contribution in [1.82, 2.24) is 9.38 Å². The van der Waals surface area contributed by atoms with Gasteiger partial charge in [0.2, 0.25) is 10.0 Å². The van der Waals surface area contributed by atoms with Crippen LogP contribution < -0.4 is 4.31 Å². The number of pyridine rings is 1. The van der Waals surface area contributed by atoms with Crippen LogP contribution in [0.2, 0.25) is 5.02 Å². The van der Waals surface area contributed by atoms with Crippen molar-refractivity contribution in [3.8, 4) is 0 Å². The standard InChI is InChI=1S/C19H18ClN3O4S/c1-12-7-14-8-13(3-5-17(14)23(12)28(2,25)26)19(24)27-11-16-10-22-9-15(20)4-6-18(22)21-16/h3-6,8-10,12H,7,11H2,1-2H3/t12-/m0/s1. The maximum Gasteiger partial charge on any atom is 0.338 e. The number of nitrogens with zero attached hydrogens (tertiary/aromatic N) is 3. The lowest BCUT2D eigenvalue weighted by Gasteiger charge is -2.21. The number of hydrogen-bond donors (Lipinski definition) is 0. The van der Waals surface area contributed by atoms with Crippen LogP contribution in [-0.4, -0.2) is 36.1 Å². The molecule has 0 fully saturated rings. The molecule has 0 radical (unpaired) electrons. The van der Waals surface area contributed by atoms with Crippen molar-refractivity contribution in [3.05, 3.63) is 64.6 Å². The molecule has 3 aromatic rings. The Bertz CT molecular complexity index is 1190. The molecular formula is C19H18ClN3O4S. The number of esters is 1. The highest BCUT2D eigenvalue weighted by Crippen LogP contribution is 2.34. The molecule has 0 spiro atoms. The second-order valence-corrected chi connectivity index (χ2v) is 9.17. The molecule has 1 atom stereocenters. The molecule has 2 aromatic heterocycles. The largest absolute Gasteiger partial charge is 0.456 e. The first-order valence-electron chi connectivity index (χ1n) is 8.65. The predicted octanol–water partition coefficient (Wildman–Crippen LogP) is 3.06. The summed E-state index contributed by atoms with van der Waals surface area (Å²) in [5.74, 6) is -0.483. The van der Waals surface area contributed by atoms with Crippen molar-refractivity contribution in [3.63, 3.8) is 0 Å². The third-order valence-electron chi connectivity index (χ3n) is 4.64. The van der Waals surface area contributed by atoms with E-state index in [-0.39, 0.29) is 12.6 Å². The predicted molar refractivity (Wildman–Crippen MR) is 106 cm³/mol. The zero-order chi connectivity index (χ0) is 20.1. The fraction of sp³-hybridized carbons (Fsp3) is 0.263. The van der Waals surface area contributed by atoms with E-state index < -0.39 is 16.0 Å². The first-order chi connectivity index (χ1) is 13.2. The lowest BCUT2D eigenvalue weighted by atomic mass is 10.1. The second-order valence-electron chi connectivity index (χ2n) is 6.88. The molecule has 0 amide bonds. The quantitative estimate of drug-likeness (QED) is 0.607. The molecule has 7 nitrogen and oxygen atoms in total. The van der Waals surface area contributed by atoms with Gasteiger partial charge in [0.15, 0.2) is 0 Å². The topological polar surface area (TPSA) is 81.0 Å². The summed E-state index contributed by atoms with van der Waals surface area (Å²) < 4.78 is 32.5. The van der Waals surface area contributed by atoms with E-state index in [1.54, 1.807) is 47.1 Å². The monoisotopic (exact) mass is 419 g/mol. The minimum Gasteiger partial charge on any atom is -0.456 e. The lowest BCUT2D eigenvalue weighted by Crippen LogP contribution is -2.34. The summed E-state index contributed by atoms with van der Waals surface area (Å²) in [6.45, 7) is 1.87. The number of halogens is 1. The van der Waals surface area contributed by atoms with E-state index in [0.717, 1.165) is 5.56 Å². The Balaban J connectivity index is 1.50. The average Bonchev–Trinajstić information content (AvgIpc) is 3.17. The van der Waals surface area contributed by atoms with Gasteiger partial charge >= 0.3 is 5.97 Å². The fourth-order valence-corrected chi connectivity index (χ4v) is 4.98. The molecule has 1 aromatic carbocycles. The molecule has 0 aliphatic carbocycles. The Labute approximate surface area is 167 Å². The summed E-state index contributed by atoms with van der Waals surface area (Å²) in [5.41, 5.74) is 3.13. The van der Waals surface area contributed by atoms with E-state index in [4.69, 9.17) is 16.3 Å². The number of hydrogen-bond acceptors (Lipinski definition) is 5. The number of imidazole rings is 1. The molecule has 0 saturated heterocycles. The highest BCUT2D eigenvalue weighted by molar-refractivity contribution is 7.92. The minimum absolute atomic E-state index is 0.0289. The highest BCUT2D eigenvalue weighted by Gasteiger charge is 2.32. The van der Waals surface area contributed by atoms with Gasteiger partial charge in [-0.3, -0.25) is 4.31 Å². The summed E-state index contributed by atoms with van der Waals surface area (Å²) in [7, 11) is -3.36. The molecule has 1 aliphatic rings. The van der Waals surface area contributed by atoms with E-state index in [9.17, 15) is 13.2 Å². The van der Waals surface area contributed by atoms with E-state index in [0.29, 0.717) is 34.0 Å². The van der Waals surface area contributed by atoms with Gasteiger partial charge in [0, 0.05) is 18.4 Å². The van der Waals surface area contributed by atoms with Crippen molar-refractivity contribution in [1.29, 1.82) is 0 Å². The smallest absolute Gasteiger partial charge is 0.338 e. The molecule has 0 N–H and O–H groups in total. The molecule has 9 heteroatoms. The zero-order valence-corrected chi connectivity index (χ0v) is 16.9. The van der Waals surface area contributed by atoms with E-state index in [1.807, 2.05) is 6.92 Å². The summed E-state index contributed by atoms with van der Waals surface area (Å²) in [6, 6.07) is 8.28. The molecule has 0 unspecified atom stereocenters. The number of rotatable bonds is 4. The van der Waals surface area contributed by atoms with Gasteiger partial charge in [-0.15, -0.1) is 0 Å². The lowest BCUT2D eigenvalue weighted by molar-refractivity contribution is 0.0468. The Kier molecular flexibility index (Phi) is 4.55. The number of fused-ring (bicyclic) bond motifs is 2. The van der Waals surface area contributed by atoms with Gasteiger partial charge in [0.05, 0.1) is 28.2 Å². The van der Waals surface area contributed by atoms with E-state index in [2.05, 4.69) is 4.98 Å². The Morgan fingerprint density at radius 3 is 2.82 bits per heavy atom. The van der Waals surface area contributed by atoms with Crippen LogP contribution in [0.15, 0.2) is 42.7 Å². The number of sulfonamides is 1. The van der Waals surface area contributed by atoms with Crippen LogP contribution in [0.1, 0.15) is 28.5 Å². The number of carbonyl (C=O) groups excluding carboxylic acids is 1. The van der Waals surface area contributed by atoms with Gasteiger partial charge in [-0.1, -0.05) is 11.6 Å². The van der Waals surface area contributed by atoms with E-state index in [1.165, 1.54) is 10.6 Å². The molecule has 146 valence electrons. The fourth-order valence-electron chi connectivity index (χ4n) is 3.54. The molecule has 1 aliphatic heterocycles. The van der Waals surface area contributed by atoms with Gasteiger partial charge in [0.1, 0.15) is 12.3 Å². The number of anilines is 1. The Hall–Kier alpha value is -2.58. The van der Waals surface area contributed by atoms with Crippen LogP contribution >= 0.6 is 11.6 Å². The van der Waals surface area contributed by atoms with Crippen LogP contribution in [0.4, 0.5) is 5.69 Å². The average molecular weight is 420 g/mol. The third kappa shape index (κ3) is 3.45. The first kappa shape index (κ1) is 18.8. The van der Waals surface area contributed by atoms with Crippen LogP contribution in [0.3, 0.4) is 0 Å². The third-order valence-corrected chi connectivity index (χ3v) is 6.14. The van der Waals surface area contributed by atoms with Gasteiger partial charge < -0.3 is 9.14 Å². The zero-order valence-electron chi connectivity index (χ0n) is 15.3. The Morgan fingerprint density at radius 2 is 2.07 bits per heavy atom. The van der Waals surface area contributed by atoms with Crippen molar-refractivity contribution < 1.29 is 17.9 Å². The highest BCUT2D eigenvalue weighted by atomic mass is 35.5. The summed E-state index contributed by atoms with van der Waals surface area (Å²) in [6.07, 6.45) is 5.22. The van der Waals surface area contributed by atoms with Gasteiger partial charge in [0.25, 0.3) is 0 Å². The maximum absolute atomic E-state index is 12.4. The Morgan fingerprint density at radius 1 is 1.29 bits per heavy atom. The first-order valence-corrected chi connectivity index (χ1v) is 10.9. The number of benzene rings is 1. The molecule has 0 bridgehead atoms. The summed E-state index contributed by atoms with van der Waals surface area (Å²) in [5, 5.41) is 0.587.